The monoisotopic (exact) mass is 522 g/mol. The van der Waals surface area contributed by atoms with Crippen molar-refractivity contribution < 1.29 is 28.2 Å². The van der Waals surface area contributed by atoms with E-state index in [0.717, 1.165) is 12.0 Å². The molecule has 202 valence electrons. The molecule has 3 rings (SSSR count). The Kier molecular flexibility index (Phi) is 10.5. The maximum absolute atomic E-state index is 14.7. The van der Waals surface area contributed by atoms with Crippen LogP contribution in [0, 0.1) is 5.82 Å². The van der Waals surface area contributed by atoms with Gasteiger partial charge >= 0.3 is 0 Å². The average Bonchev–Trinajstić information content (AvgIpc) is 2.94. The van der Waals surface area contributed by atoms with Crippen molar-refractivity contribution in [3.8, 4) is 17.2 Å². The number of nitrogens with zero attached hydrogens (tertiary/aromatic N) is 1. The molecule has 0 bridgehead atoms. The highest BCUT2D eigenvalue weighted by molar-refractivity contribution is 5.88. The van der Waals surface area contributed by atoms with Crippen LogP contribution >= 0.6 is 0 Å². The van der Waals surface area contributed by atoms with Gasteiger partial charge < -0.3 is 24.4 Å². The number of benzene rings is 3. The third-order valence-electron chi connectivity index (χ3n) is 6.26. The molecule has 0 aliphatic carbocycles. The van der Waals surface area contributed by atoms with Gasteiger partial charge in [0.15, 0.2) is 6.61 Å². The van der Waals surface area contributed by atoms with E-state index in [9.17, 15) is 14.0 Å². The van der Waals surface area contributed by atoms with Crippen LogP contribution in [0.25, 0.3) is 0 Å². The van der Waals surface area contributed by atoms with E-state index in [1.165, 1.54) is 25.2 Å². The Labute approximate surface area is 223 Å². The van der Waals surface area contributed by atoms with Crippen LogP contribution in [0.15, 0.2) is 72.8 Å². The third-order valence-corrected chi connectivity index (χ3v) is 6.26. The second-order valence-electron chi connectivity index (χ2n) is 8.97. The maximum Gasteiger partial charge on any atom is 0.261 e. The van der Waals surface area contributed by atoms with E-state index in [2.05, 4.69) is 5.32 Å². The van der Waals surface area contributed by atoms with Crippen molar-refractivity contribution in [1.82, 2.24) is 10.2 Å². The summed E-state index contributed by atoms with van der Waals surface area (Å²) in [7, 11) is 3.04. The van der Waals surface area contributed by atoms with Crippen LogP contribution in [0.5, 0.6) is 17.2 Å². The molecular formula is C30H35FN2O5. The first-order chi connectivity index (χ1) is 18.3. The van der Waals surface area contributed by atoms with Gasteiger partial charge in [0.05, 0.1) is 14.2 Å². The second kappa shape index (κ2) is 14.0. The first-order valence-electron chi connectivity index (χ1n) is 12.6. The maximum atomic E-state index is 14.7. The van der Waals surface area contributed by atoms with Crippen molar-refractivity contribution in [2.75, 3.05) is 20.8 Å². The van der Waals surface area contributed by atoms with Gasteiger partial charge in [-0.2, -0.15) is 0 Å². The van der Waals surface area contributed by atoms with Crippen molar-refractivity contribution in [3.63, 3.8) is 0 Å². The number of rotatable bonds is 13. The lowest BCUT2D eigenvalue weighted by atomic mass is 10.0. The molecule has 0 aliphatic heterocycles. The van der Waals surface area contributed by atoms with Gasteiger partial charge in [0, 0.05) is 42.8 Å². The number of halogens is 1. The number of methoxy groups -OCH3 is 2. The molecule has 8 heteroatoms. The minimum absolute atomic E-state index is 0.0910. The smallest absolute Gasteiger partial charge is 0.261 e. The van der Waals surface area contributed by atoms with Crippen LogP contribution in [0.3, 0.4) is 0 Å². The molecule has 2 amide bonds. The van der Waals surface area contributed by atoms with Crippen LogP contribution in [0.1, 0.15) is 31.4 Å². The molecule has 3 aromatic carbocycles. The lowest BCUT2D eigenvalue weighted by molar-refractivity contribution is -0.143. The van der Waals surface area contributed by atoms with Crippen LogP contribution < -0.4 is 19.5 Å². The van der Waals surface area contributed by atoms with Crippen molar-refractivity contribution in [2.45, 2.75) is 45.3 Å². The summed E-state index contributed by atoms with van der Waals surface area (Å²) in [4.78, 5) is 28.6. The van der Waals surface area contributed by atoms with E-state index < -0.39 is 17.8 Å². The van der Waals surface area contributed by atoms with Gasteiger partial charge in [-0.25, -0.2) is 4.39 Å². The van der Waals surface area contributed by atoms with E-state index in [1.807, 2.05) is 44.2 Å². The number of hydrogen-bond acceptors (Lipinski definition) is 5. The number of nitrogens with one attached hydrogen (secondary N) is 1. The zero-order valence-electron chi connectivity index (χ0n) is 22.3. The van der Waals surface area contributed by atoms with Crippen LogP contribution in [-0.4, -0.2) is 49.6 Å². The summed E-state index contributed by atoms with van der Waals surface area (Å²) in [5.41, 5.74) is 1.18. The minimum Gasteiger partial charge on any atom is -0.496 e. The highest BCUT2D eigenvalue weighted by Crippen LogP contribution is 2.27. The number of hydrogen-bond donors (Lipinski definition) is 1. The molecule has 0 aromatic heterocycles. The number of carbonyl (C=O) groups excluding carboxylic acids is 2. The van der Waals surface area contributed by atoms with E-state index in [4.69, 9.17) is 14.2 Å². The van der Waals surface area contributed by atoms with E-state index >= 15 is 0 Å². The van der Waals surface area contributed by atoms with Crippen molar-refractivity contribution in [1.29, 1.82) is 0 Å². The molecule has 0 radical (unpaired) electrons. The first kappa shape index (κ1) is 28.5. The molecule has 1 N–H and O–H groups in total. The molecular weight excluding hydrogens is 487 g/mol. The second-order valence-corrected chi connectivity index (χ2v) is 8.97. The largest absolute Gasteiger partial charge is 0.496 e. The molecule has 7 nitrogen and oxygen atoms in total. The standard InChI is InChI=1S/C30H35FN2O5/c1-5-21(2)32-30(35)28(15-22-11-7-6-8-12-22)33(19-23-13-9-10-14-27(23)31)29(34)20-38-26-17-24(36-3)16-25(18-26)37-4/h6-14,16-18,21,28H,5,15,19-20H2,1-4H3,(H,32,35)/t21-,28-/m1/s1. The Morgan fingerprint density at radius 1 is 0.921 bits per heavy atom. The molecule has 0 saturated carbocycles. The lowest BCUT2D eigenvalue weighted by Crippen LogP contribution is -2.53. The Bertz CT molecular complexity index is 1180. The topological polar surface area (TPSA) is 77.1 Å². The quantitative estimate of drug-likeness (QED) is 0.350. The summed E-state index contributed by atoms with van der Waals surface area (Å²) in [5.74, 6) is 0.148. The summed E-state index contributed by atoms with van der Waals surface area (Å²) in [6.07, 6.45) is 0.988. The fourth-order valence-electron chi connectivity index (χ4n) is 3.90. The van der Waals surface area contributed by atoms with Gasteiger partial charge in [0.1, 0.15) is 29.1 Å². The van der Waals surface area contributed by atoms with Gasteiger partial charge in [-0.05, 0) is 25.0 Å². The molecule has 0 unspecified atom stereocenters. The van der Waals surface area contributed by atoms with Crippen LogP contribution in [0.4, 0.5) is 4.39 Å². The highest BCUT2D eigenvalue weighted by atomic mass is 19.1. The Morgan fingerprint density at radius 3 is 2.13 bits per heavy atom. The minimum atomic E-state index is -0.887. The van der Waals surface area contributed by atoms with Gasteiger partial charge in [-0.1, -0.05) is 55.5 Å². The van der Waals surface area contributed by atoms with Gasteiger partial charge in [-0.15, -0.1) is 0 Å². The molecule has 0 saturated heterocycles. The van der Waals surface area contributed by atoms with E-state index in [0.29, 0.717) is 22.8 Å². The molecule has 0 fully saturated rings. The summed E-state index contributed by atoms with van der Waals surface area (Å²) in [5, 5.41) is 2.99. The Hall–Kier alpha value is -4.07. The highest BCUT2D eigenvalue weighted by Gasteiger charge is 2.31. The van der Waals surface area contributed by atoms with Crippen LogP contribution in [0.2, 0.25) is 0 Å². The third kappa shape index (κ3) is 7.96. The lowest BCUT2D eigenvalue weighted by Gasteiger charge is -2.32. The molecule has 38 heavy (non-hydrogen) atoms. The summed E-state index contributed by atoms with van der Waals surface area (Å²) >= 11 is 0. The fourth-order valence-corrected chi connectivity index (χ4v) is 3.90. The molecule has 0 spiro atoms. The van der Waals surface area contributed by atoms with Crippen molar-refractivity contribution >= 4 is 11.8 Å². The summed E-state index contributed by atoms with van der Waals surface area (Å²) < 4.78 is 31.1. The zero-order valence-corrected chi connectivity index (χ0v) is 22.3. The van der Waals surface area contributed by atoms with E-state index in [-0.39, 0.29) is 31.5 Å². The average molecular weight is 523 g/mol. The Morgan fingerprint density at radius 2 is 1.53 bits per heavy atom. The fraction of sp³-hybridized carbons (Fsp3) is 0.333. The van der Waals surface area contributed by atoms with Gasteiger partial charge in [-0.3, -0.25) is 9.59 Å². The number of ether oxygens (including phenoxy) is 3. The molecule has 3 aromatic rings. The molecule has 0 heterocycles. The predicted octanol–water partition coefficient (Wildman–Crippen LogP) is 4.78. The Balaban J connectivity index is 1.94. The molecule has 0 aliphatic rings. The summed E-state index contributed by atoms with van der Waals surface area (Å²) in [6.45, 7) is 3.41. The van der Waals surface area contributed by atoms with E-state index in [1.54, 1.807) is 36.4 Å². The zero-order chi connectivity index (χ0) is 27.5. The summed E-state index contributed by atoms with van der Waals surface area (Å²) in [6, 6.07) is 19.6. The predicted molar refractivity (Wildman–Crippen MR) is 144 cm³/mol. The normalized spacial score (nSPS) is 12.2. The SMILES string of the molecule is CC[C@@H](C)NC(=O)[C@@H](Cc1ccccc1)N(Cc1ccccc1F)C(=O)COc1cc(OC)cc(OC)c1. The number of amides is 2. The van der Waals surface area contributed by atoms with Gasteiger partial charge in [0.2, 0.25) is 5.91 Å². The van der Waals surface area contributed by atoms with Gasteiger partial charge in [0.25, 0.3) is 5.91 Å². The van der Waals surface area contributed by atoms with Crippen molar-refractivity contribution in [2.24, 2.45) is 0 Å². The number of carbonyl (C=O) groups is 2. The first-order valence-corrected chi connectivity index (χ1v) is 12.6. The van der Waals surface area contributed by atoms with Crippen molar-refractivity contribution in [3.05, 3.63) is 89.7 Å². The molecule has 2 atom stereocenters. The van der Waals surface area contributed by atoms with Crippen LogP contribution in [-0.2, 0) is 22.6 Å².